The summed E-state index contributed by atoms with van der Waals surface area (Å²) >= 11 is 5.92. The van der Waals surface area contributed by atoms with Gasteiger partial charge in [-0.05, 0) is 48.5 Å². The number of anilines is 2. The van der Waals surface area contributed by atoms with E-state index in [2.05, 4.69) is 10.3 Å². The van der Waals surface area contributed by atoms with E-state index in [-0.39, 0.29) is 6.03 Å². The summed E-state index contributed by atoms with van der Waals surface area (Å²) in [7, 11) is 0. The van der Waals surface area contributed by atoms with Crippen molar-refractivity contribution in [2.24, 2.45) is 0 Å². The number of halogens is 1. The van der Waals surface area contributed by atoms with Gasteiger partial charge in [-0.2, -0.15) is 0 Å². The Morgan fingerprint density at radius 3 is 2.52 bits per heavy atom. The number of fused-ring (bicyclic) bond motifs is 1. The Labute approximate surface area is 161 Å². The molecule has 0 aliphatic heterocycles. The molecule has 6 heteroatoms. The molecule has 134 valence electrons. The van der Waals surface area contributed by atoms with Crippen molar-refractivity contribution >= 4 is 34.7 Å². The zero-order chi connectivity index (χ0) is 18.6. The van der Waals surface area contributed by atoms with Crippen LogP contribution in [0.15, 0.2) is 85.2 Å². The average molecular weight is 377 g/mol. The van der Waals surface area contributed by atoms with E-state index in [0.717, 1.165) is 17.0 Å². The summed E-state index contributed by atoms with van der Waals surface area (Å²) in [5, 5.41) is 3.55. The summed E-state index contributed by atoms with van der Waals surface area (Å²) in [5.41, 5.74) is 3.25. The molecule has 2 amide bonds. The fourth-order valence-corrected chi connectivity index (χ4v) is 3.00. The van der Waals surface area contributed by atoms with Crippen molar-refractivity contribution in [3.63, 3.8) is 0 Å². The van der Waals surface area contributed by atoms with Crippen LogP contribution in [0.4, 0.5) is 16.2 Å². The van der Waals surface area contributed by atoms with E-state index in [0.29, 0.717) is 17.3 Å². The topological polar surface area (TPSA) is 49.6 Å². The maximum atomic E-state index is 13.0. The normalized spacial score (nSPS) is 10.7. The van der Waals surface area contributed by atoms with Gasteiger partial charge in [-0.25, -0.2) is 9.78 Å². The minimum atomic E-state index is -0.227. The van der Waals surface area contributed by atoms with Gasteiger partial charge in [0.2, 0.25) is 0 Å². The summed E-state index contributed by atoms with van der Waals surface area (Å²) in [5.74, 6) is 0. The number of hydrogen-bond acceptors (Lipinski definition) is 2. The average Bonchev–Trinajstić information content (AvgIpc) is 3.11. The summed E-state index contributed by atoms with van der Waals surface area (Å²) in [6, 6.07) is 22.2. The van der Waals surface area contributed by atoms with Crippen molar-refractivity contribution < 1.29 is 4.79 Å². The lowest BCUT2D eigenvalue weighted by Gasteiger charge is -2.23. The molecule has 2 aromatic carbocycles. The van der Waals surface area contributed by atoms with Gasteiger partial charge in [0.1, 0.15) is 5.65 Å². The van der Waals surface area contributed by atoms with E-state index in [1.54, 1.807) is 35.4 Å². The minimum absolute atomic E-state index is 0.227. The first kappa shape index (κ1) is 17.1. The minimum Gasteiger partial charge on any atom is -0.308 e. The first-order chi connectivity index (χ1) is 13.2. The molecule has 0 saturated carbocycles. The van der Waals surface area contributed by atoms with Gasteiger partial charge in [-0.15, -0.1) is 0 Å². The Morgan fingerprint density at radius 2 is 1.74 bits per heavy atom. The molecule has 0 atom stereocenters. The molecule has 27 heavy (non-hydrogen) atoms. The van der Waals surface area contributed by atoms with E-state index >= 15 is 0 Å². The Morgan fingerprint density at radius 1 is 1.00 bits per heavy atom. The molecule has 4 rings (SSSR count). The Hall–Kier alpha value is -3.31. The zero-order valence-electron chi connectivity index (χ0n) is 14.4. The molecule has 0 aliphatic rings. The van der Waals surface area contributed by atoms with Crippen molar-refractivity contribution in [2.75, 3.05) is 10.2 Å². The van der Waals surface area contributed by atoms with Crippen molar-refractivity contribution in [2.45, 2.75) is 6.54 Å². The predicted octanol–water partition coefficient (Wildman–Crippen LogP) is 5.23. The number of carbonyl (C=O) groups excluding carboxylic acids is 1. The van der Waals surface area contributed by atoms with Gasteiger partial charge in [-0.3, -0.25) is 4.90 Å². The van der Waals surface area contributed by atoms with Gasteiger partial charge in [0, 0.05) is 22.6 Å². The first-order valence-electron chi connectivity index (χ1n) is 8.51. The van der Waals surface area contributed by atoms with E-state index in [1.807, 2.05) is 59.1 Å². The number of aromatic nitrogens is 2. The summed E-state index contributed by atoms with van der Waals surface area (Å²) in [4.78, 5) is 19.1. The molecule has 2 heterocycles. The van der Waals surface area contributed by atoms with Gasteiger partial charge in [0.25, 0.3) is 0 Å². The van der Waals surface area contributed by atoms with Crippen molar-refractivity contribution in [1.82, 2.24) is 9.38 Å². The molecule has 2 aromatic heterocycles. The summed E-state index contributed by atoms with van der Waals surface area (Å²) in [6.07, 6.45) is 3.73. The van der Waals surface area contributed by atoms with Crippen molar-refractivity contribution in [3.05, 3.63) is 95.9 Å². The largest absolute Gasteiger partial charge is 0.326 e. The number of imidazole rings is 1. The standard InChI is InChI=1S/C21H17ClN4O/c22-16-9-11-17(12-10-16)24-21(27)26(18-6-2-1-3-7-18)15-19-14-23-20-8-4-5-13-25(19)20/h1-14H,15H2,(H,24,27). The lowest BCUT2D eigenvalue weighted by Crippen LogP contribution is -2.34. The second-order valence-electron chi connectivity index (χ2n) is 6.04. The molecule has 0 fully saturated rings. The van der Waals surface area contributed by atoms with Crippen LogP contribution in [0.1, 0.15) is 5.69 Å². The fraction of sp³-hybridized carbons (Fsp3) is 0.0476. The van der Waals surface area contributed by atoms with Gasteiger partial charge in [0.05, 0.1) is 18.4 Å². The monoisotopic (exact) mass is 376 g/mol. The Bertz CT molecular complexity index is 1060. The molecule has 0 spiro atoms. The van der Waals surface area contributed by atoms with E-state index in [9.17, 15) is 4.79 Å². The molecule has 0 unspecified atom stereocenters. The molecule has 0 saturated heterocycles. The number of nitrogens with zero attached hydrogens (tertiary/aromatic N) is 3. The second kappa shape index (κ2) is 7.51. The number of amides is 2. The van der Waals surface area contributed by atoms with Gasteiger partial charge < -0.3 is 9.72 Å². The summed E-state index contributed by atoms with van der Waals surface area (Å²) in [6.45, 7) is 0.384. The van der Waals surface area contributed by atoms with Crippen LogP contribution in [0.5, 0.6) is 0 Å². The number of benzene rings is 2. The molecule has 1 N–H and O–H groups in total. The van der Waals surface area contributed by atoms with Crippen LogP contribution in [-0.2, 0) is 6.54 Å². The molecule has 0 radical (unpaired) electrons. The third kappa shape index (κ3) is 3.78. The third-order valence-corrected chi connectivity index (χ3v) is 4.47. The molecule has 4 aromatic rings. The maximum Gasteiger partial charge on any atom is 0.326 e. The van der Waals surface area contributed by atoms with Crippen molar-refractivity contribution in [3.8, 4) is 0 Å². The van der Waals surface area contributed by atoms with E-state index < -0.39 is 0 Å². The number of carbonyl (C=O) groups is 1. The molecule has 0 aliphatic carbocycles. The zero-order valence-corrected chi connectivity index (χ0v) is 15.2. The third-order valence-electron chi connectivity index (χ3n) is 4.22. The smallest absolute Gasteiger partial charge is 0.308 e. The van der Waals surface area contributed by atoms with Gasteiger partial charge in [-0.1, -0.05) is 35.9 Å². The quantitative estimate of drug-likeness (QED) is 0.530. The van der Waals surface area contributed by atoms with Crippen LogP contribution < -0.4 is 10.2 Å². The van der Waals surface area contributed by atoms with E-state index in [1.165, 1.54) is 0 Å². The SMILES string of the molecule is O=C(Nc1ccc(Cl)cc1)N(Cc1cnc2ccccn12)c1ccccc1. The number of para-hydroxylation sites is 1. The van der Waals surface area contributed by atoms with E-state index in [4.69, 9.17) is 11.6 Å². The highest BCUT2D eigenvalue weighted by atomic mass is 35.5. The number of nitrogens with one attached hydrogen (secondary N) is 1. The summed E-state index contributed by atoms with van der Waals surface area (Å²) < 4.78 is 1.98. The number of urea groups is 1. The van der Waals surface area contributed by atoms with Crippen LogP contribution in [0, 0.1) is 0 Å². The lowest BCUT2D eigenvalue weighted by atomic mass is 10.2. The van der Waals surface area contributed by atoms with Gasteiger partial charge in [0.15, 0.2) is 0 Å². The maximum absolute atomic E-state index is 13.0. The highest BCUT2D eigenvalue weighted by molar-refractivity contribution is 6.30. The van der Waals surface area contributed by atoms with Crippen molar-refractivity contribution in [1.29, 1.82) is 0 Å². The highest BCUT2D eigenvalue weighted by Crippen LogP contribution is 2.20. The number of pyridine rings is 1. The molecule has 5 nitrogen and oxygen atoms in total. The van der Waals surface area contributed by atoms with Crippen LogP contribution in [0.25, 0.3) is 5.65 Å². The number of rotatable bonds is 4. The molecule has 0 bridgehead atoms. The predicted molar refractivity (Wildman–Crippen MR) is 108 cm³/mol. The Kier molecular flexibility index (Phi) is 4.77. The second-order valence-corrected chi connectivity index (χ2v) is 6.47. The van der Waals surface area contributed by atoms with Crippen LogP contribution in [0.2, 0.25) is 5.02 Å². The van der Waals surface area contributed by atoms with Gasteiger partial charge >= 0.3 is 6.03 Å². The van der Waals surface area contributed by atoms with Crippen LogP contribution in [0.3, 0.4) is 0 Å². The lowest BCUT2D eigenvalue weighted by molar-refractivity contribution is 0.256. The van der Waals surface area contributed by atoms with Crippen LogP contribution in [-0.4, -0.2) is 15.4 Å². The fourth-order valence-electron chi connectivity index (χ4n) is 2.88. The molecular formula is C21H17ClN4O. The first-order valence-corrected chi connectivity index (χ1v) is 8.88. The molecular weight excluding hydrogens is 360 g/mol. The highest BCUT2D eigenvalue weighted by Gasteiger charge is 2.18. The number of hydrogen-bond donors (Lipinski definition) is 1. The van der Waals surface area contributed by atoms with Crippen LogP contribution >= 0.6 is 11.6 Å². The Balaban J connectivity index is 1.64.